The van der Waals surface area contributed by atoms with Crippen molar-refractivity contribution in [2.24, 2.45) is 0 Å². The first kappa shape index (κ1) is 14.6. The summed E-state index contributed by atoms with van der Waals surface area (Å²) in [6.45, 7) is 0.372. The Morgan fingerprint density at radius 2 is 1.86 bits per heavy atom. The van der Waals surface area contributed by atoms with Crippen LogP contribution in [0, 0.1) is 0 Å². The number of fused-ring (bicyclic) bond motifs is 1. The van der Waals surface area contributed by atoms with Crippen molar-refractivity contribution in [1.29, 1.82) is 0 Å². The number of benzene rings is 2. The summed E-state index contributed by atoms with van der Waals surface area (Å²) in [5.41, 5.74) is 1.89. The largest absolute Gasteiger partial charge is 0.465 e. The molecule has 0 unspecified atom stereocenters. The lowest BCUT2D eigenvalue weighted by atomic mass is 10.1. The van der Waals surface area contributed by atoms with Crippen molar-refractivity contribution in [3.63, 3.8) is 0 Å². The summed E-state index contributed by atoms with van der Waals surface area (Å²) < 4.78 is 31.5. The summed E-state index contributed by atoms with van der Waals surface area (Å²) in [5.74, 6) is -0.424. The predicted octanol–water partition coefficient (Wildman–Crippen LogP) is 2.22. The number of methoxy groups -OCH3 is 1. The summed E-state index contributed by atoms with van der Waals surface area (Å²) in [4.78, 5) is 11.8. The van der Waals surface area contributed by atoms with Crippen LogP contribution in [0.4, 0.5) is 5.69 Å². The molecule has 5 nitrogen and oxygen atoms in total. The number of rotatable bonds is 3. The number of hydrogen-bond donors (Lipinski definition) is 0. The second-order valence-corrected chi connectivity index (χ2v) is 6.84. The van der Waals surface area contributed by atoms with Gasteiger partial charge in [-0.15, -0.1) is 0 Å². The molecule has 0 radical (unpaired) electrons. The lowest BCUT2D eigenvalue weighted by molar-refractivity contribution is 0.0600. The molecule has 2 aromatic carbocycles. The molecular weight excluding hydrogens is 302 g/mol. The molecule has 0 aromatic heterocycles. The van der Waals surface area contributed by atoms with Crippen LogP contribution in [0.25, 0.3) is 0 Å². The number of carbonyl (C=O) groups excluding carboxylic acids is 1. The van der Waals surface area contributed by atoms with Gasteiger partial charge in [0, 0.05) is 6.54 Å². The molecule has 0 spiro atoms. The Bertz CT molecular complexity index is 815. The molecule has 1 aliphatic rings. The van der Waals surface area contributed by atoms with E-state index in [9.17, 15) is 13.2 Å². The third kappa shape index (κ3) is 2.35. The number of esters is 1. The van der Waals surface area contributed by atoms with E-state index in [2.05, 4.69) is 4.74 Å². The maximum absolute atomic E-state index is 12.7. The highest BCUT2D eigenvalue weighted by Crippen LogP contribution is 2.33. The first-order valence-corrected chi connectivity index (χ1v) is 8.27. The Labute approximate surface area is 129 Å². The zero-order valence-corrected chi connectivity index (χ0v) is 12.8. The number of carbonyl (C=O) groups is 1. The van der Waals surface area contributed by atoms with Gasteiger partial charge in [0.1, 0.15) is 0 Å². The van der Waals surface area contributed by atoms with Crippen LogP contribution in [0.2, 0.25) is 0 Å². The molecule has 2 aromatic rings. The van der Waals surface area contributed by atoms with E-state index < -0.39 is 16.0 Å². The number of hydrogen-bond acceptors (Lipinski definition) is 4. The average molecular weight is 317 g/mol. The second-order valence-electron chi connectivity index (χ2n) is 4.98. The lowest BCUT2D eigenvalue weighted by Gasteiger charge is -2.19. The fraction of sp³-hybridized carbons (Fsp3) is 0.188. The highest BCUT2D eigenvalue weighted by molar-refractivity contribution is 7.92. The normalized spacial score (nSPS) is 13.8. The fourth-order valence-electron chi connectivity index (χ4n) is 2.59. The average Bonchev–Trinajstić information content (AvgIpc) is 2.98. The second kappa shape index (κ2) is 5.46. The van der Waals surface area contributed by atoms with Gasteiger partial charge in [-0.25, -0.2) is 13.2 Å². The van der Waals surface area contributed by atoms with Crippen molar-refractivity contribution in [1.82, 2.24) is 0 Å². The van der Waals surface area contributed by atoms with Gasteiger partial charge < -0.3 is 4.74 Å². The van der Waals surface area contributed by atoms with E-state index in [4.69, 9.17) is 0 Å². The molecule has 3 rings (SSSR count). The number of sulfonamides is 1. The van der Waals surface area contributed by atoms with Gasteiger partial charge in [-0.3, -0.25) is 4.31 Å². The first-order chi connectivity index (χ1) is 10.5. The highest BCUT2D eigenvalue weighted by Gasteiger charge is 2.31. The standard InChI is InChI=1S/C16H15NO4S/c1-21-16(18)13-7-8-15-12(11-13)9-10-17(15)22(19,20)14-5-3-2-4-6-14/h2-8,11H,9-10H2,1H3. The molecule has 0 atom stereocenters. The molecular formula is C16H15NO4S. The summed E-state index contributed by atoms with van der Waals surface area (Å²) in [5, 5.41) is 0. The topological polar surface area (TPSA) is 63.7 Å². The van der Waals surface area contributed by atoms with Crippen molar-refractivity contribution >= 4 is 21.7 Å². The van der Waals surface area contributed by atoms with E-state index in [-0.39, 0.29) is 4.90 Å². The smallest absolute Gasteiger partial charge is 0.337 e. The molecule has 1 heterocycles. The van der Waals surface area contributed by atoms with Gasteiger partial charge in [0.15, 0.2) is 0 Å². The fourth-order valence-corrected chi connectivity index (χ4v) is 4.11. The Kier molecular flexibility index (Phi) is 3.62. The van der Waals surface area contributed by atoms with Crippen molar-refractivity contribution in [2.75, 3.05) is 18.0 Å². The minimum absolute atomic E-state index is 0.264. The highest BCUT2D eigenvalue weighted by atomic mass is 32.2. The van der Waals surface area contributed by atoms with Crippen LogP contribution in [0.15, 0.2) is 53.4 Å². The van der Waals surface area contributed by atoms with Crippen LogP contribution >= 0.6 is 0 Å². The van der Waals surface area contributed by atoms with E-state index in [1.165, 1.54) is 11.4 Å². The third-order valence-corrected chi connectivity index (χ3v) is 5.51. The van der Waals surface area contributed by atoms with Crippen molar-refractivity contribution in [3.05, 3.63) is 59.7 Å². The summed E-state index contributed by atoms with van der Waals surface area (Å²) in [6.07, 6.45) is 0.576. The Morgan fingerprint density at radius 1 is 1.14 bits per heavy atom. The Balaban J connectivity index is 2.00. The van der Waals surface area contributed by atoms with E-state index in [0.29, 0.717) is 24.2 Å². The quantitative estimate of drug-likeness (QED) is 0.814. The molecule has 0 amide bonds. The van der Waals surface area contributed by atoms with E-state index in [0.717, 1.165) is 5.56 Å². The van der Waals surface area contributed by atoms with Crippen LogP contribution in [0.1, 0.15) is 15.9 Å². The first-order valence-electron chi connectivity index (χ1n) is 6.83. The van der Waals surface area contributed by atoms with Gasteiger partial charge in [-0.05, 0) is 42.3 Å². The predicted molar refractivity (Wildman–Crippen MR) is 82.5 cm³/mol. The molecule has 1 aliphatic heterocycles. The maximum atomic E-state index is 12.7. The minimum atomic E-state index is -3.57. The summed E-state index contributed by atoms with van der Waals surface area (Å²) in [6, 6.07) is 13.3. The molecule has 0 aliphatic carbocycles. The summed E-state index contributed by atoms with van der Waals surface area (Å²) >= 11 is 0. The summed E-state index contributed by atoms with van der Waals surface area (Å²) in [7, 11) is -2.25. The van der Waals surface area contributed by atoms with Gasteiger partial charge in [-0.1, -0.05) is 18.2 Å². The zero-order valence-electron chi connectivity index (χ0n) is 12.0. The molecule has 0 fully saturated rings. The van der Waals surface area contributed by atoms with Crippen molar-refractivity contribution < 1.29 is 17.9 Å². The van der Waals surface area contributed by atoms with Gasteiger partial charge in [0.25, 0.3) is 10.0 Å². The molecule has 22 heavy (non-hydrogen) atoms. The maximum Gasteiger partial charge on any atom is 0.337 e. The van der Waals surface area contributed by atoms with E-state index >= 15 is 0 Å². The minimum Gasteiger partial charge on any atom is -0.465 e. The Morgan fingerprint density at radius 3 is 2.55 bits per heavy atom. The number of ether oxygens (including phenoxy) is 1. The van der Waals surface area contributed by atoms with E-state index in [1.807, 2.05) is 0 Å². The van der Waals surface area contributed by atoms with Gasteiger partial charge in [-0.2, -0.15) is 0 Å². The van der Waals surface area contributed by atoms with Gasteiger partial charge >= 0.3 is 5.97 Å². The van der Waals surface area contributed by atoms with Crippen LogP contribution < -0.4 is 4.31 Å². The molecule has 0 saturated carbocycles. The Hall–Kier alpha value is -2.34. The third-order valence-electron chi connectivity index (χ3n) is 3.68. The van der Waals surface area contributed by atoms with Crippen molar-refractivity contribution in [3.8, 4) is 0 Å². The van der Waals surface area contributed by atoms with Gasteiger partial charge in [0.05, 0.1) is 23.3 Å². The SMILES string of the molecule is COC(=O)c1ccc2c(c1)CCN2S(=O)(=O)c1ccccc1. The number of nitrogens with zero attached hydrogens (tertiary/aromatic N) is 1. The van der Waals surface area contributed by atoms with Crippen LogP contribution in [0.3, 0.4) is 0 Å². The molecule has 0 N–H and O–H groups in total. The molecule has 114 valence electrons. The monoisotopic (exact) mass is 317 g/mol. The lowest BCUT2D eigenvalue weighted by Crippen LogP contribution is -2.29. The molecule has 0 bridgehead atoms. The number of anilines is 1. The zero-order chi connectivity index (χ0) is 15.7. The molecule has 6 heteroatoms. The van der Waals surface area contributed by atoms with Crippen LogP contribution in [-0.4, -0.2) is 28.0 Å². The van der Waals surface area contributed by atoms with Crippen molar-refractivity contribution in [2.45, 2.75) is 11.3 Å². The van der Waals surface area contributed by atoms with E-state index in [1.54, 1.807) is 48.5 Å². The van der Waals surface area contributed by atoms with Crippen LogP contribution in [-0.2, 0) is 21.2 Å². The molecule has 0 saturated heterocycles. The van der Waals surface area contributed by atoms with Crippen LogP contribution in [0.5, 0.6) is 0 Å². The van der Waals surface area contributed by atoms with Gasteiger partial charge in [0.2, 0.25) is 0 Å².